The lowest BCUT2D eigenvalue weighted by Gasteiger charge is -2.53. The zero-order valence-corrected chi connectivity index (χ0v) is 38.1. The van der Waals surface area contributed by atoms with Gasteiger partial charge in [0.2, 0.25) is 0 Å². The van der Waals surface area contributed by atoms with Gasteiger partial charge in [-0.15, -0.1) is 12.4 Å². The number of nitrogens with two attached hydrogens (primary N) is 1. The number of aliphatic carboxylic acids is 3. The van der Waals surface area contributed by atoms with Gasteiger partial charge in [-0.05, 0) is 187 Å². The van der Waals surface area contributed by atoms with Gasteiger partial charge in [0, 0.05) is 16.9 Å². The third kappa shape index (κ3) is 9.23. The molecule has 0 saturated heterocycles. The van der Waals surface area contributed by atoms with E-state index in [4.69, 9.17) is 25.5 Å². The van der Waals surface area contributed by atoms with Crippen molar-refractivity contribution in [2.24, 2.45) is 54.2 Å². The Bertz CT molecular complexity index is 1580. The van der Waals surface area contributed by atoms with E-state index in [9.17, 15) is 39.0 Å². The zero-order valence-electron chi connectivity index (χ0n) is 37.2. The Kier molecular flexibility index (Phi) is 15.6. The molecular weight excluding hydrogens is 808 g/mol. The van der Waals surface area contributed by atoms with Crippen molar-refractivity contribution in [3.63, 3.8) is 0 Å². The van der Waals surface area contributed by atoms with E-state index in [0.717, 1.165) is 102 Å². The van der Waals surface area contributed by atoms with E-state index in [2.05, 4.69) is 12.1 Å². The van der Waals surface area contributed by atoms with Crippen molar-refractivity contribution >= 4 is 53.7 Å². The smallest absolute Gasteiger partial charge is 0.312 e. The number of esters is 2. The first kappa shape index (κ1) is 50.4. The fraction of sp³-hybridized carbons (Fsp3) is 0.848. The van der Waals surface area contributed by atoms with Crippen molar-refractivity contribution in [2.45, 2.75) is 188 Å². The quantitative estimate of drug-likeness (QED) is 0.0632. The van der Waals surface area contributed by atoms with Gasteiger partial charge in [-0.3, -0.25) is 28.8 Å². The van der Waals surface area contributed by atoms with Gasteiger partial charge in [0.05, 0.1) is 46.5 Å². The van der Waals surface area contributed by atoms with E-state index in [1.807, 2.05) is 13.8 Å². The zero-order chi connectivity index (χ0) is 44.4. The molecule has 0 aromatic heterocycles. The number of carboxylic acids is 3. The molecule has 0 amide bonds. The summed E-state index contributed by atoms with van der Waals surface area (Å²) >= 11 is 0. The number of carbonyl (C=O) groups excluding carboxylic acids is 3. The van der Waals surface area contributed by atoms with Crippen molar-refractivity contribution in [3.8, 4) is 0 Å². The van der Waals surface area contributed by atoms with Gasteiger partial charge in [0.25, 0.3) is 0 Å². The second kappa shape index (κ2) is 18.8. The summed E-state index contributed by atoms with van der Waals surface area (Å²) in [5, 5.41) is 39.7. The number of Topliss-reactive ketones (excluding diaryl/α,β-unsaturated/α-hetero) is 1. The predicted molar refractivity (Wildman–Crippen MR) is 228 cm³/mol. The lowest BCUT2D eigenvalue weighted by Crippen LogP contribution is -2.52. The van der Waals surface area contributed by atoms with Crippen LogP contribution in [0.1, 0.15) is 182 Å². The predicted octanol–water partition coefficient (Wildman–Crippen LogP) is 8.51. The minimum Gasteiger partial charge on any atom is -0.481 e. The lowest BCUT2D eigenvalue weighted by atomic mass is 9.52. The van der Waals surface area contributed by atoms with E-state index in [-0.39, 0.29) is 57.8 Å². The summed E-state index contributed by atoms with van der Waals surface area (Å²) in [5.74, 6) is -1.85. The van der Waals surface area contributed by atoms with Crippen LogP contribution in [0.15, 0.2) is 5.16 Å². The minimum atomic E-state index is -0.694. The number of ketones is 1. The first-order chi connectivity index (χ1) is 28.1. The molecule has 15 heteroatoms. The van der Waals surface area contributed by atoms with Crippen molar-refractivity contribution in [1.29, 1.82) is 0 Å². The highest BCUT2D eigenvalue weighted by atomic mass is 35.5. The Balaban J connectivity index is 0.000000178. The number of nitrogens with zero attached hydrogens (tertiary/aromatic N) is 1. The van der Waals surface area contributed by atoms with Crippen LogP contribution in [0, 0.1) is 43.3 Å². The van der Waals surface area contributed by atoms with Crippen LogP contribution < -0.4 is 5.73 Å². The first-order valence-corrected chi connectivity index (χ1v) is 22.6. The molecule has 0 aliphatic heterocycles. The van der Waals surface area contributed by atoms with Gasteiger partial charge in [-0.2, -0.15) is 0 Å². The molecule has 0 radical (unpaired) electrons. The topological polar surface area (TPSA) is 240 Å². The van der Waals surface area contributed by atoms with E-state index >= 15 is 0 Å². The summed E-state index contributed by atoms with van der Waals surface area (Å²) in [5.41, 5.74) is 4.99. The van der Waals surface area contributed by atoms with Gasteiger partial charge in [-0.1, -0.05) is 5.16 Å². The molecule has 346 valence electrons. The Morgan fingerprint density at radius 3 is 1.07 bits per heavy atom. The van der Waals surface area contributed by atoms with Gasteiger partial charge >= 0.3 is 29.8 Å². The number of hydrogen-bond donors (Lipinski definition) is 5. The number of rotatable bonds is 9. The number of oxime groups is 1. The Labute approximate surface area is 367 Å². The maximum absolute atomic E-state index is 12.0. The molecule has 12 rings (SSSR count). The van der Waals surface area contributed by atoms with Gasteiger partial charge in [-0.25, -0.2) is 0 Å². The first-order valence-electron chi connectivity index (χ1n) is 22.6. The summed E-state index contributed by atoms with van der Waals surface area (Å²) in [7, 11) is 1.41. The highest BCUT2D eigenvalue weighted by molar-refractivity contribution is 5.89. The van der Waals surface area contributed by atoms with Crippen molar-refractivity contribution < 1.29 is 58.8 Å². The number of methoxy groups -OCH3 is 1. The summed E-state index contributed by atoms with van der Waals surface area (Å²) in [4.78, 5) is 68.6. The number of carboxylic acid groups (broad SMARTS) is 3. The summed E-state index contributed by atoms with van der Waals surface area (Å²) < 4.78 is 10.0. The lowest BCUT2D eigenvalue weighted by molar-refractivity contribution is -0.172. The number of ether oxygens (including phenoxy) is 2. The molecule has 12 aliphatic rings. The van der Waals surface area contributed by atoms with Crippen LogP contribution in [-0.4, -0.2) is 81.6 Å². The fourth-order valence-electron chi connectivity index (χ4n) is 12.7. The normalized spacial score (nSPS) is 39.2. The highest BCUT2D eigenvalue weighted by Gasteiger charge is 2.58. The molecule has 14 nitrogen and oxygen atoms in total. The Hall–Kier alpha value is -3.26. The van der Waals surface area contributed by atoms with Gasteiger partial charge in [0.15, 0.2) is 0 Å². The number of hydrogen-bond acceptors (Lipinski definition) is 11. The average molecular weight is 882 g/mol. The second-order valence-electron chi connectivity index (χ2n) is 20.5. The van der Waals surface area contributed by atoms with E-state index in [0.29, 0.717) is 69.8 Å². The van der Waals surface area contributed by atoms with Crippen LogP contribution >= 0.6 is 12.4 Å². The molecule has 0 aromatic rings. The SMILES string of the molecule is CC(=NO)C12CCC(C(=O)O)(CC1)CC2.CC(=O)C12CCC(C(=O)O)(CC1)CC2.CCOC(=O)C12CCC(C(C)N)(CC1)CC2.COC(=O)C12CCC(C(=O)O)(CC1)CC2.Cl. The van der Waals surface area contributed by atoms with Crippen molar-refractivity contribution in [2.75, 3.05) is 13.7 Å². The van der Waals surface area contributed by atoms with Crippen LogP contribution in [0.4, 0.5) is 0 Å². The average Bonchev–Trinajstić information content (AvgIpc) is 3.28. The second-order valence-corrected chi connectivity index (χ2v) is 20.5. The van der Waals surface area contributed by atoms with E-state index in [1.165, 1.54) is 7.11 Å². The fourth-order valence-corrected chi connectivity index (χ4v) is 12.7. The highest BCUT2D eigenvalue weighted by Crippen LogP contribution is 2.60. The number of fused-ring (bicyclic) bond motifs is 12. The molecule has 1 unspecified atom stereocenters. The van der Waals surface area contributed by atoms with Crippen LogP contribution in [0.5, 0.6) is 0 Å². The molecule has 8 bridgehead atoms. The maximum atomic E-state index is 12.0. The monoisotopic (exact) mass is 880 g/mol. The molecule has 12 fully saturated rings. The van der Waals surface area contributed by atoms with E-state index < -0.39 is 34.2 Å². The Morgan fingerprint density at radius 2 is 0.803 bits per heavy atom. The van der Waals surface area contributed by atoms with Crippen molar-refractivity contribution in [3.05, 3.63) is 0 Å². The van der Waals surface area contributed by atoms with Crippen molar-refractivity contribution in [1.82, 2.24) is 0 Å². The van der Waals surface area contributed by atoms with Gasteiger partial charge in [0.1, 0.15) is 5.78 Å². The van der Waals surface area contributed by atoms with E-state index in [1.54, 1.807) is 6.92 Å². The van der Waals surface area contributed by atoms with Crippen LogP contribution in [-0.2, 0) is 38.2 Å². The van der Waals surface area contributed by atoms with Gasteiger partial charge < -0.3 is 35.7 Å². The standard InChI is InChI=1S/C13H23NO2.C11H17NO3.C11H16O4.C11H16O3.ClH/c1-3-16-11(15)13-7-4-12(5-8-13,6-9-13)10(2)14;1-8(12-15)10-2-5-11(6-3-10,7-4-10)9(13)14;1-15-9(14)11-5-2-10(3-6-11,4-7-11)8(12)13;1-8(12)10-2-5-11(6-3-10,7-4-10)9(13)14;/h10H,3-9,14H2,1-2H3;15H,2-7H2,1H3,(H,13,14);2-7H2,1H3,(H,12,13);2-7H2,1H3,(H,13,14);1H. The molecule has 12 aliphatic carbocycles. The van der Waals surface area contributed by atoms with Crippen LogP contribution in [0.2, 0.25) is 0 Å². The molecule has 1 atom stereocenters. The molecule has 0 spiro atoms. The van der Waals surface area contributed by atoms with Crippen LogP contribution in [0.3, 0.4) is 0 Å². The number of carbonyl (C=O) groups is 6. The third-order valence-electron chi connectivity index (χ3n) is 18.4. The molecule has 12 saturated carbocycles. The number of halogens is 1. The molecule has 0 heterocycles. The summed E-state index contributed by atoms with van der Waals surface area (Å²) in [6, 6.07) is 0.257. The van der Waals surface area contributed by atoms with Crippen LogP contribution in [0.25, 0.3) is 0 Å². The molecule has 0 aromatic carbocycles. The summed E-state index contributed by atoms with van der Waals surface area (Å²) in [6.45, 7) is 7.99. The summed E-state index contributed by atoms with van der Waals surface area (Å²) in [6.07, 6.45) is 19.3. The molecular formula is C46H73ClN2O12. The molecule has 61 heavy (non-hydrogen) atoms. The molecule has 6 N–H and O–H groups in total. The third-order valence-corrected chi connectivity index (χ3v) is 18.4. The minimum absolute atomic E-state index is 0. The maximum Gasteiger partial charge on any atom is 0.312 e. The Morgan fingerprint density at radius 1 is 0.525 bits per heavy atom. The largest absolute Gasteiger partial charge is 0.481 e.